The van der Waals surface area contributed by atoms with Crippen LogP contribution in [-0.4, -0.2) is 18.7 Å². The van der Waals surface area contributed by atoms with Gasteiger partial charge >= 0.3 is 6.18 Å². The lowest BCUT2D eigenvalue weighted by molar-refractivity contribution is -0.137. The van der Waals surface area contributed by atoms with Crippen LogP contribution in [0.1, 0.15) is 34.0 Å². The van der Waals surface area contributed by atoms with Gasteiger partial charge in [-0.05, 0) is 77.5 Å². The van der Waals surface area contributed by atoms with Crippen LogP contribution in [-0.2, 0) is 12.8 Å². The number of nitrogens with one attached hydrogen (secondary N) is 1. The zero-order valence-corrected chi connectivity index (χ0v) is 21.8. The molecule has 184 valence electrons. The smallest absolute Gasteiger partial charge is 0.416 e. The summed E-state index contributed by atoms with van der Waals surface area (Å²) in [6.45, 7) is 2.39. The zero-order chi connectivity index (χ0) is 25.6. The summed E-state index contributed by atoms with van der Waals surface area (Å²) < 4.78 is 51.0. The Morgan fingerprint density at radius 1 is 1.11 bits per heavy atom. The number of alkyl halides is 3. The van der Waals surface area contributed by atoms with Gasteiger partial charge in [0.05, 0.1) is 22.0 Å². The van der Waals surface area contributed by atoms with E-state index >= 15 is 0 Å². The van der Waals surface area contributed by atoms with Gasteiger partial charge in [-0.2, -0.15) is 18.3 Å². The second kappa shape index (κ2) is 12.0. The number of rotatable bonds is 8. The molecule has 0 aliphatic heterocycles. The molecule has 3 rings (SSSR count). The Kier molecular flexibility index (Phi) is 9.26. The number of hydrazone groups is 1. The number of carbonyl (C=O) groups is 1. The van der Waals surface area contributed by atoms with Gasteiger partial charge in [0, 0.05) is 21.2 Å². The van der Waals surface area contributed by atoms with Crippen molar-refractivity contribution >= 4 is 57.9 Å². The molecule has 0 unspecified atom stereocenters. The molecule has 5 nitrogen and oxygen atoms in total. The number of benzene rings is 3. The molecule has 0 heterocycles. The van der Waals surface area contributed by atoms with Crippen molar-refractivity contribution < 1.29 is 27.4 Å². The van der Waals surface area contributed by atoms with E-state index in [2.05, 4.69) is 33.1 Å². The summed E-state index contributed by atoms with van der Waals surface area (Å²) in [5.41, 5.74) is 2.49. The van der Waals surface area contributed by atoms with Crippen molar-refractivity contribution in [2.75, 3.05) is 6.61 Å². The maximum atomic E-state index is 12.9. The molecular weight excluding hydrogens is 619 g/mol. The van der Waals surface area contributed by atoms with Gasteiger partial charge in [0.25, 0.3) is 5.91 Å². The molecule has 3 aromatic rings. The first-order valence-corrected chi connectivity index (χ1v) is 12.0. The Balaban J connectivity index is 1.74. The minimum absolute atomic E-state index is 0.161. The van der Waals surface area contributed by atoms with E-state index in [9.17, 15) is 18.0 Å². The van der Waals surface area contributed by atoms with Gasteiger partial charge < -0.3 is 9.47 Å². The normalized spacial score (nSPS) is 11.5. The third kappa shape index (κ3) is 7.49. The summed E-state index contributed by atoms with van der Waals surface area (Å²) in [6, 6.07) is 12.6. The van der Waals surface area contributed by atoms with Crippen molar-refractivity contribution in [2.45, 2.75) is 19.7 Å². The van der Waals surface area contributed by atoms with Gasteiger partial charge in [-0.15, -0.1) is 0 Å². The first-order valence-electron chi connectivity index (χ1n) is 10.1. The first-order chi connectivity index (χ1) is 16.6. The van der Waals surface area contributed by atoms with E-state index < -0.39 is 17.6 Å². The van der Waals surface area contributed by atoms with Gasteiger partial charge in [-0.25, -0.2) is 5.43 Å². The molecule has 35 heavy (non-hydrogen) atoms. The van der Waals surface area contributed by atoms with E-state index in [0.29, 0.717) is 37.3 Å². The van der Waals surface area contributed by atoms with Crippen LogP contribution >= 0.6 is 45.8 Å². The summed E-state index contributed by atoms with van der Waals surface area (Å²) >= 11 is 14.2. The van der Waals surface area contributed by atoms with Crippen molar-refractivity contribution in [3.8, 4) is 11.5 Å². The van der Waals surface area contributed by atoms with Crippen molar-refractivity contribution in [1.29, 1.82) is 0 Å². The standard InChI is InChI=1S/C24H18Cl2F3IN2O3/c1-2-34-21-9-14(8-20(30)22(21)35-13-16-6-7-18(25)11-19(16)26)12-31-32-23(33)15-4-3-5-17(10-15)24(27,28)29/h3-12H,2,13H2,1H3,(H,32,33)/b31-12-. The van der Waals surface area contributed by atoms with Crippen molar-refractivity contribution in [2.24, 2.45) is 5.10 Å². The Bertz CT molecular complexity index is 1250. The number of nitrogens with zero attached hydrogens (tertiary/aromatic N) is 1. The summed E-state index contributed by atoms with van der Waals surface area (Å²) in [7, 11) is 0. The Hall–Kier alpha value is -2.50. The molecule has 1 N–H and O–H groups in total. The number of hydrogen-bond acceptors (Lipinski definition) is 4. The average molecular weight is 637 g/mol. The van der Waals surface area contributed by atoms with Crippen molar-refractivity contribution in [3.05, 3.63) is 90.5 Å². The molecule has 0 saturated heterocycles. The van der Waals surface area contributed by atoms with E-state index in [1.54, 1.807) is 30.3 Å². The van der Waals surface area contributed by atoms with Crippen molar-refractivity contribution in [3.63, 3.8) is 0 Å². The van der Waals surface area contributed by atoms with Gasteiger partial charge in [-0.1, -0.05) is 35.3 Å². The van der Waals surface area contributed by atoms with Crippen LogP contribution in [0.15, 0.2) is 59.7 Å². The fraction of sp³-hybridized carbons (Fsp3) is 0.167. The maximum absolute atomic E-state index is 12.9. The van der Waals surface area contributed by atoms with Crippen LogP contribution < -0.4 is 14.9 Å². The zero-order valence-electron chi connectivity index (χ0n) is 18.1. The highest BCUT2D eigenvalue weighted by Gasteiger charge is 2.30. The monoisotopic (exact) mass is 636 g/mol. The van der Waals surface area contributed by atoms with Crippen LogP contribution in [0.3, 0.4) is 0 Å². The average Bonchev–Trinajstić information content (AvgIpc) is 2.79. The number of halogens is 6. The van der Waals surface area contributed by atoms with Crippen LogP contribution in [0.25, 0.3) is 0 Å². The summed E-state index contributed by atoms with van der Waals surface area (Å²) in [5.74, 6) is 0.186. The predicted molar refractivity (Wildman–Crippen MR) is 138 cm³/mol. The van der Waals surface area contributed by atoms with Gasteiger partial charge in [0.15, 0.2) is 11.5 Å². The largest absolute Gasteiger partial charge is 0.490 e. The molecule has 0 spiro atoms. The predicted octanol–water partition coefficient (Wildman–Crippen LogP) is 7.36. The minimum atomic E-state index is -4.55. The number of carbonyl (C=O) groups excluding carboxylic acids is 1. The Labute approximate surface area is 223 Å². The molecule has 0 aromatic heterocycles. The molecule has 0 aliphatic rings. The second-order valence-electron chi connectivity index (χ2n) is 7.07. The van der Waals surface area contributed by atoms with Crippen LogP contribution in [0.5, 0.6) is 11.5 Å². The third-order valence-corrected chi connectivity index (χ3v) is 5.94. The van der Waals surface area contributed by atoms with E-state index in [1.807, 2.05) is 6.92 Å². The SMILES string of the molecule is CCOc1cc(/C=N\NC(=O)c2cccc(C(F)(F)F)c2)cc(I)c1OCc1ccc(Cl)cc1Cl. The minimum Gasteiger partial charge on any atom is -0.490 e. The Morgan fingerprint density at radius 3 is 2.57 bits per heavy atom. The second-order valence-corrected chi connectivity index (χ2v) is 9.07. The van der Waals surface area contributed by atoms with Gasteiger partial charge in [0.1, 0.15) is 6.61 Å². The fourth-order valence-corrected chi connectivity index (χ4v) is 4.17. The fourth-order valence-electron chi connectivity index (χ4n) is 2.92. The van der Waals surface area contributed by atoms with Crippen LogP contribution in [0.2, 0.25) is 10.0 Å². The Morgan fingerprint density at radius 2 is 1.89 bits per heavy atom. The first kappa shape index (κ1) is 27.1. The number of ether oxygens (including phenoxy) is 2. The van der Waals surface area contributed by atoms with Gasteiger partial charge in [0.2, 0.25) is 0 Å². The van der Waals surface area contributed by atoms with E-state index in [1.165, 1.54) is 12.3 Å². The molecule has 0 bridgehead atoms. The molecule has 0 saturated carbocycles. The third-order valence-electron chi connectivity index (χ3n) is 4.55. The molecule has 1 amide bonds. The molecule has 0 radical (unpaired) electrons. The lowest BCUT2D eigenvalue weighted by Gasteiger charge is -2.15. The topological polar surface area (TPSA) is 59.9 Å². The molecule has 3 aromatic carbocycles. The molecular formula is C24H18Cl2F3IN2O3. The van der Waals surface area contributed by atoms with E-state index in [-0.39, 0.29) is 12.2 Å². The number of hydrogen-bond donors (Lipinski definition) is 1. The lowest BCUT2D eigenvalue weighted by atomic mass is 10.1. The summed E-state index contributed by atoms with van der Waals surface area (Å²) in [4.78, 5) is 12.2. The van der Waals surface area contributed by atoms with Crippen molar-refractivity contribution in [1.82, 2.24) is 5.43 Å². The highest BCUT2D eigenvalue weighted by atomic mass is 127. The molecule has 0 aliphatic carbocycles. The summed E-state index contributed by atoms with van der Waals surface area (Å²) in [5, 5.41) is 4.86. The lowest BCUT2D eigenvalue weighted by Crippen LogP contribution is -2.18. The number of amides is 1. The van der Waals surface area contributed by atoms with Crippen LogP contribution in [0.4, 0.5) is 13.2 Å². The molecule has 11 heteroatoms. The molecule has 0 fully saturated rings. The highest BCUT2D eigenvalue weighted by Crippen LogP contribution is 2.35. The summed E-state index contributed by atoms with van der Waals surface area (Å²) in [6.07, 6.45) is -3.19. The maximum Gasteiger partial charge on any atom is 0.416 e. The molecule has 0 atom stereocenters. The van der Waals surface area contributed by atoms with Crippen LogP contribution in [0, 0.1) is 3.57 Å². The van der Waals surface area contributed by atoms with E-state index in [0.717, 1.165) is 23.8 Å². The quantitative estimate of drug-likeness (QED) is 0.160. The highest BCUT2D eigenvalue weighted by molar-refractivity contribution is 14.1. The van der Waals surface area contributed by atoms with Gasteiger partial charge in [-0.3, -0.25) is 4.79 Å². The van der Waals surface area contributed by atoms with E-state index in [4.69, 9.17) is 32.7 Å².